The van der Waals surface area contributed by atoms with Crippen molar-refractivity contribution in [2.45, 2.75) is 102 Å². The molecule has 0 radical (unpaired) electrons. The van der Waals surface area contributed by atoms with Gasteiger partial charge in [0, 0.05) is 6.42 Å². The molecule has 1 unspecified atom stereocenters. The van der Waals surface area contributed by atoms with E-state index in [1.807, 2.05) is 0 Å². The molecule has 0 aromatic heterocycles. The summed E-state index contributed by atoms with van der Waals surface area (Å²) < 4.78 is 5.01. The molecule has 1 fully saturated rings. The summed E-state index contributed by atoms with van der Waals surface area (Å²) in [5, 5.41) is 41.1. The minimum absolute atomic E-state index is 0.288. The molecule has 1 heterocycles. The zero-order valence-corrected chi connectivity index (χ0v) is 15.3. The molecule has 0 aliphatic carbocycles. The molecule has 0 saturated carbocycles. The molecule has 5 atom stereocenters. The van der Waals surface area contributed by atoms with Crippen molar-refractivity contribution in [3.63, 3.8) is 0 Å². The van der Waals surface area contributed by atoms with Gasteiger partial charge in [-0.05, 0) is 6.42 Å². The van der Waals surface area contributed by atoms with Crippen molar-refractivity contribution in [3.05, 3.63) is 0 Å². The van der Waals surface area contributed by atoms with Gasteiger partial charge in [-0.3, -0.25) is 4.79 Å². The zero-order chi connectivity index (χ0) is 18.7. The summed E-state index contributed by atoms with van der Waals surface area (Å²) in [5.41, 5.74) is 0. The zero-order valence-electron chi connectivity index (χ0n) is 15.3. The number of amides is 1. The number of carbonyl (C=O) groups is 1. The van der Waals surface area contributed by atoms with Gasteiger partial charge in [0.2, 0.25) is 5.91 Å². The van der Waals surface area contributed by atoms with E-state index in [9.17, 15) is 20.1 Å². The van der Waals surface area contributed by atoms with Crippen LogP contribution in [0.1, 0.15) is 71.1 Å². The molecule has 1 rings (SSSR count). The molecular weight excluding hydrogens is 326 g/mol. The lowest BCUT2D eigenvalue weighted by atomic mass is 9.97. The van der Waals surface area contributed by atoms with Gasteiger partial charge in [0.1, 0.15) is 24.4 Å². The highest BCUT2D eigenvalue weighted by Gasteiger charge is 2.44. The lowest BCUT2D eigenvalue weighted by Gasteiger charge is -2.40. The van der Waals surface area contributed by atoms with E-state index in [1.165, 1.54) is 38.5 Å². The van der Waals surface area contributed by atoms with Crippen LogP contribution in [0.2, 0.25) is 0 Å². The van der Waals surface area contributed by atoms with Gasteiger partial charge in [-0.15, -0.1) is 0 Å². The van der Waals surface area contributed by atoms with Crippen LogP contribution in [-0.4, -0.2) is 63.6 Å². The van der Waals surface area contributed by atoms with Crippen molar-refractivity contribution >= 4 is 5.91 Å². The van der Waals surface area contributed by atoms with Gasteiger partial charge in [-0.2, -0.15) is 0 Å². The van der Waals surface area contributed by atoms with Gasteiger partial charge >= 0.3 is 0 Å². The number of nitrogens with one attached hydrogen (secondary N) is 1. The highest BCUT2D eigenvalue weighted by Crippen LogP contribution is 2.20. The van der Waals surface area contributed by atoms with E-state index in [-0.39, 0.29) is 5.91 Å². The molecule has 1 amide bonds. The number of aliphatic hydroxyl groups is 4. The molecule has 7 heteroatoms. The van der Waals surface area contributed by atoms with Crippen LogP contribution in [0.15, 0.2) is 0 Å². The van der Waals surface area contributed by atoms with Gasteiger partial charge in [0.05, 0.1) is 6.61 Å². The maximum Gasteiger partial charge on any atom is 0.220 e. The Morgan fingerprint density at radius 1 is 0.920 bits per heavy atom. The van der Waals surface area contributed by atoms with Crippen molar-refractivity contribution in [1.29, 1.82) is 0 Å². The maximum atomic E-state index is 11.9. The summed E-state index contributed by atoms with van der Waals surface area (Å²) in [4.78, 5) is 11.9. The molecule has 148 valence electrons. The van der Waals surface area contributed by atoms with Crippen LogP contribution in [-0.2, 0) is 9.53 Å². The first-order valence-corrected chi connectivity index (χ1v) is 9.61. The van der Waals surface area contributed by atoms with Gasteiger partial charge in [0.25, 0.3) is 0 Å². The van der Waals surface area contributed by atoms with Crippen LogP contribution >= 0.6 is 0 Å². The fourth-order valence-electron chi connectivity index (χ4n) is 3.11. The third-order valence-electron chi connectivity index (χ3n) is 4.74. The molecule has 0 spiro atoms. The SMILES string of the molecule is CCCCCCCCCCCC(=O)N[C@H]1C(O)O[C@H](CO)[C@@H](O)[C@@H]1O. The second-order valence-electron chi connectivity index (χ2n) is 6.90. The Labute approximate surface area is 150 Å². The first kappa shape index (κ1) is 22.3. The average Bonchev–Trinajstić information content (AvgIpc) is 2.60. The summed E-state index contributed by atoms with van der Waals surface area (Å²) in [6, 6.07) is -1.09. The smallest absolute Gasteiger partial charge is 0.220 e. The Morgan fingerprint density at radius 2 is 1.48 bits per heavy atom. The Hall–Kier alpha value is -0.730. The van der Waals surface area contributed by atoms with Gasteiger partial charge in [0.15, 0.2) is 6.29 Å². The average molecular weight is 361 g/mol. The molecule has 1 aliphatic rings. The van der Waals surface area contributed by atoms with E-state index in [0.717, 1.165) is 19.3 Å². The van der Waals surface area contributed by atoms with Crippen LogP contribution in [0.3, 0.4) is 0 Å². The fourth-order valence-corrected chi connectivity index (χ4v) is 3.11. The second kappa shape index (κ2) is 12.6. The quantitative estimate of drug-likeness (QED) is 0.328. The largest absolute Gasteiger partial charge is 0.394 e. The number of ether oxygens (including phenoxy) is 1. The number of carbonyl (C=O) groups excluding carboxylic acids is 1. The maximum absolute atomic E-state index is 11.9. The van der Waals surface area contributed by atoms with E-state index in [0.29, 0.717) is 6.42 Å². The fraction of sp³-hybridized carbons (Fsp3) is 0.944. The van der Waals surface area contributed by atoms with Crippen molar-refractivity contribution < 1.29 is 30.0 Å². The minimum Gasteiger partial charge on any atom is -0.394 e. The molecule has 0 bridgehead atoms. The molecule has 25 heavy (non-hydrogen) atoms. The highest BCUT2D eigenvalue weighted by atomic mass is 16.6. The van der Waals surface area contributed by atoms with Gasteiger partial charge in [-0.25, -0.2) is 0 Å². The summed E-state index contributed by atoms with van der Waals surface area (Å²) >= 11 is 0. The van der Waals surface area contributed by atoms with Crippen LogP contribution < -0.4 is 5.32 Å². The van der Waals surface area contributed by atoms with E-state index in [1.54, 1.807) is 0 Å². The number of rotatable bonds is 12. The van der Waals surface area contributed by atoms with E-state index < -0.39 is 37.3 Å². The summed E-state index contributed by atoms with van der Waals surface area (Å²) in [6.45, 7) is 1.68. The monoisotopic (exact) mass is 361 g/mol. The van der Waals surface area contributed by atoms with Crippen molar-refractivity contribution in [2.24, 2.45) is 0 Å². The van der Waals surface area contributed by atoms with E-state index in [4.69, 9.17) is 9.84 Å². The van der Waals surface area contributed by atoms with Crippen LogP contribution in [0.25, 0.3) is 0 Å². The number of aliphatic hydroxyl groups excluding tert-OH is 4. The highest BCUT2D eigenvalue weighted by molar-refractivity contribution is 5.76. The van der Waals surface area contributed by atoms with E-state index >= 15 is 0 Å². The topological polar surface area (TPSA) is 119 Å². The Morgan fingerprint density at radius 3 is 2.04 bits per heavy atom. The minimum atomic E-state index is -1.46. The van der Waals surface area contributed by atoms with E-state index in [2.05, 4.69) is 12.2 Å². The van der Waals surface area contributed by atoms with Crippen LogP contribution in [0.5, 0.6) is 0 Å². The Kier molecular flexibility index (Phi) is 11.2. The lowest BCUT2D eigenvalue weighted by Crippen LogP contribution is -2.64. The summed E-state index contributed by atoms with van der Waals surface area (Å²) in [5.74, 6) is -0.288. The number of unbranched alkanes of at least 4 members (excludes halogenated alkanes) is 8. The van der Waals surface area contributed by atoms with Crippen LogP contribution in [0.4, 0.5) is 0 Å². The molecule has 0 aromatic rings. The first-order valence-electron chi connectivity index (χ1n) is 9.61. The number of hydrogen-bond acceptors (Lipinski definition) is 6. The molecule has 0 aromatic carbocycles. The molecule has 1 aliphatic heterocycles. The van der Waals surface area contributed by atoms with Crippen LogP contribution in [0, 0.1) is 0 Å². The molecular formula is C18H35NO6. The van der Waals surface area contributed by atoms with Crippen molar-refractivity contribution in [3.8, 4) is 0 Å². The molecule has 7 nitrogen and oxygen atoms in total. The third kappa shape index (κ3) is 8.00. The predicted molar refractivity (Wildman–Crippen MR) is 93.8 cm³/mol. The summed E-state index contributed by atoms with van der Waals surface area (Å²) in [6.07, 6.45) is 5.46. The third-order valence-corrected chi connectivity index (χ3v) is 4.74. The lowest BCUT2D eigenvalue weighted by molar-refractivity contribution is -0.253. The van der Waals surface area contributed by atoms with Gasteiger partial charge < -0.3 is 30.5 Å². The normalized spacial score (nSPS) is 29.6. The second-order valence-corrected chi connectivity index (χ2v) is 6.90. The predicted octanol–water partition coefficient (Wildman–Crippen LogP) is 0.823. The Bertz CT molecular complexity index is 367. The van der Waals surface area contributed by atoms with Crippen molar-refractivity contribution in [2.75, 3.05) is 6.61 Å². The Balaban J connectivity index is 2.15. The summed E-state index contributed by atoms with van der Waals surface area (Å²) in [7, 11) is 0. The number of hydrogen-bond donors (Lipinski definition) is 5. The molecule has 5 N–H and O–H groups in total. The first-order chi connectivity index (χ1) is 12.0. The standard InChI is InChI=1S/C18H35NO6/c1-2-3-4-5-6-7-8-9-10-11-14(21)19-15-17(23)16(22)13(12-20)25-18(15)24/h13,15-18,20,22-24H,2-12H2,1H3,(H,19,21)/t13-,15-,16-,17-,18?/m1/s1. The van der Waals surface area contributed by atoms with Gasteiger partial charge in [-0.1, -0.05) is 58.3 Å². The molecule has 1 saturated heterocycles. The van der Waals surface area contributed by atoms with Crippen molar-refractivity contribution in [1.82, 2.24) is 5.32 Å².